The summed E-state index contributed by atoms with van der Waals surface area (Å²) >= 11 is 0. The van der Waals surface area contributed by atoms with Crippen LogP contribution in [0.5, 0.6) is 5.75 Å². The first-order valence-electron chi connectivity index (χ1n) is 12.1. The molecule has 7 heteroatoms. The van der Waals surface area contributed by atoms with Crippen LogP contribution in [0.4, 0.5) is 4.39 Å². The molecule has 0 aliphatic carbocycles. The van der Waals surface area contributed by atoms with E-state index >= 15 is 0 Å². The van der Waals surface area contributed by atoms with Crippen LogP contribution in [0.2, 0.25) is 0 Å². The fourth-order valence-corrected chi connectivity index (χ4v) is 5.08. The van der Waals surface area contributed by atoms with Crippen LogP contribution in [0, 0.1) is 5.92 Å². The average molecular weight is 445 g/mol. The largest absolute Gasteiger partial charge is 0.493 e. The first-order chi connectivity index (χ1) is 15.4. The van der Waals surface area contributed by atoms with E-state index < -0.39 is 12.1 Å². The Morgan fingerprint density at radius 3 is 2.59 bits per heavy atom. The molecule has 2 N–H and O–H groups in total. The molecule has 2 fully saturated rings. The van der Waals surface area contributed by atoms with Crippen molar-refractivity contribution >= 4 is 16.8 Å². The SMILES string of the molecule is CC(C)COc1cccc2c1cc(C(N)=O)n2C1CCN(CCN2CCCC(F)C2)CC1. The minimum atomic E-state index is -0.668. The number of hydrogen-bond acceptors (Lipinski definition) is 4. The van der Waals surface area contributed by atoms with Crippen molar-refractivity contribution in [2.24, 2.45) is 11.7 Å². The number of carbonyl (C=O) groups is 1. The maximum Gasteiger partial charge on any atom is 0.265 e. The molecule has 32 heavy (non-hydrogen) atoms. The van der Waals surface area contributed by atoms with Crippen molar-refractivity contribution in [3.63, 3.8) is 0 Å². The molecule has 0 radical (unpaired) electrons. The topological polar surface area (TPSA) is 63.7 Å². The van der Waals surface area contributed by atoms with Gasteiger partial charge in [0.05, 0.1) is 12.1 Å². The van der Waals surface area contributed by atoms with E-state index in [1.807, 2.05) is 18.2 Å². The van der Waals surface area contributed by atoms with Gasteiger partial charge in [-0.2, -0.15) is 0 Å². The monoisotopic (exact) mass is 444 g/mol. The summed E-state index contributed by atoms with van der Waals surface area (Å²) in [5, 5.41) is 0.954. The van der Waals surface area contributed by atoms with Crippen molar-refractivity contribution in [2.45, 2.75) is 51.7 Å². The van der Waals surface area contributed by atoms with Crippen LogP contribution in [-0.2, 0) is 0 Å². The molecule has 2 aromatic rings. The van der Waals surface area contributed by atoms with Crippen molar-refractivity contribution < 1.29 is 13.9 Å². The van der Waals surface area contributed by atoms with E-state index in [0.717, 1.165) is 68.6 Å². The van der Waals surface area contributed by atoms with Crippen LogP contribution in [0.25, 0.3) is 10.9 Å². The van der Waals surface area contributed by atoms with E-state index in [2.05, 4.69) is 34.3 Å². The van der Waals surface area contributed by atoms with E-state index in [1.54, 1.807) is 0 Å². The number of halogens is 1. The van der Waals surface area contributed by atoms with Crippen LogP contribution in [0.3, 0.4) is 0 Å². The number of nitrogens with zero attached hydrogens (tertiary/aromatic N) is 3. The number of primary amides is 1. The van der Waals surface area contributed by atoms with Gasteiger partial charge in [-0.1, -0.05) is 19.9 Å². The Morgan fingerprint density at radius 2 is 1.91 bits per heavy atom. The molecule has 1 unspecified atom stereocenters. The number of aromatic nitrogens is 1. The number of fused-ring (bicyclic) bond motifs is 1. The van der Waals surface area contributed by atoms with E-state index in [-0.39, 0.29) is 6.04 Å². The van der Waals surface area contributed by atoms with Gasteiger partial charge < -0.3 is 19.9 Å². The summed E-state index contributed by atoms with van der Waals surface area (Å²) in [5.41, 5.74) is 7.35. The van der Waals surface area contributed by atoms with E-state index in [9.17, 15) is 9.18 Å². The summed E-state index contributed by atoms with van der Waals surface area (Å²) < 4.78 is 21.8. The normalized spacial score (nSPS) is 21.4. The van der Waals surface area contributed by atoms with Gasteiger partial charge in [-0.15, -0.1) is 0 Å². The molecule has 3 heterocycles. The number of likely N-dealkylation sites (tertiary alicyclic amines) is 2. The Balaban J connectivity index is 1.45. The van der Waals surface area contributed by atoms with Crippen molar-refractivity contribution in [1.29, 1.82) is 0 Å². The highest BCUT2D eigenvalue weighted by Gasteiger charge is 2.27. The molecule has 0 spiro atoms. The maximum absolute atomic E-state index is 13.6. The van der Waals surface area contributed by atoms with Gasteiger partial charge in [0.1, 0.15) is 17.6 Å². The van der Waals surface area contributed by atoms with Crippen molar-refractivity contribution in [3.8, 4) is 5.75 Å². The molecular formula is C25H37FN4O2. The van der Waals surface area contributed by atoms with Crippen LogP contribution < -0.4 is 10.5 Å². The number of alkyl halides is 1. The molecule has 1 amide bonds. The summed E-state index contributed by atoms with van der Waals surface area (Å²) in [4.78, 5) is 17.0. The van der Waals surface area contributed by atoms with Crippen LogP contribution in [-0.4, -0.2) is 72.3 Å². The van der Waals surface area contributed by atoms with E-state index in [0.29, 0.717) is 31.2 Å². The zero-order chi connectivity index (χ0) is 22.7. The Hall–Kier alpha value is -2.12. The third-order valence-electron chi connectivity index (χ3n) is 6.77. The fourth-order valence-electron chi connectivity index (χ4n) is 5.08. The molecule has 2 saturated heterocycles. The van der Waals surface area contributed by atoms with Gasteiger partial charge in [-0.05, 0) is 56.3 Å². The predicted octanol–water partition coefficient (Wildman–Crippen LogP) is 3.85. The van der Waals surface area contributed by atoms with E-state index in [1.165, 1.54) is 0 Å². The number of benzene rings is 1. The summed E-state index contributed by atoms with van der Waals surface area (Å²) in [6.45, 7) is 10.3. The average Bonchev–Trinajstić information content (AvgIpc) is 3.17. The summed E-state index contributed by atoms with van der Waals surface area (Å²) in [7, 11) is 0. The van der Waals surface area contributed by atoms with Gasteiger partial charge in [0.15, 0.2) is 0 Å². The van der Waals surface area contributed by atoms with Crippen LogP contribution >= 0.6 is 0 Å². The summed E-state index contributed by atoms with van der Waals surface area (Å²) in [5.74, 6) is 0.833. The third kappa shape index (κ3) is 5.26. The van der Waals surface area contributed by atoms with Gasteiger partial charge in [0, 0.05) is 44.2 Å². The standard InChI is InChI=1S/C25H37FN4O2/c1-18(2)17-32-24-7-3-6-22-21(24)15-23(25(27)31)30(22)20-8-11-28(12-9-20)13-14-29-10-4-5-19(26)16-29/h3,6-7,15,18-20H,4-5,8-14,16-17H2,1-2H3,(H2,27,31). The predicted molar refractivity (Wildman–Crippen MR) is 126 cm³/mol. The Bertz CT molecular complexity index is 920. The minimum absolute atomic E-state index is 0.233. The van der Waals surface area contributed by atoms with Gasteiger partial charge in [-0.3, -0.25) is 9.69 Å². The molecule has 1 atom stereocenters. The maximum atomic E-state index is 13.6. The molecular weight excluding hydrogens is 407 g/mol. The number of rotatable bonds is 8. The number of carbonyl (C=O) groups excluding carboxylic acids is 1. The van der Waals surface area contributed by atoms with Gasteiger partial charge in [0.2, 0.25) is 0 Å². The Morgan fingerprint density at radius 1 is 1.16 bits per heavy atom. The first kappa shape index (κ1) is 23.1. The number of piperidine rings is 2. The molecule has 0 saturated carbocycles. The molecule has 4 rings (SSSR count). The van der Waals surface area contributed by atoms with Crippen molar-refractivity contribution in [1.82, 2.24) is 14.4 Å². The first-order valence-corrected chi connectivity index (χ1v) is 12.1. The number of amides is 1. The number of ether oxygens (including phenoxy) is 1. The number of nitrogens with two attached hydrogens (primary N) is 1. The lowest BCUT2D eigenvalue weighted by Gasteiger charge is -2.36. The Labute approximate surface area is 190 Å². The highest BCUT2D eigenvalue weighted by Crippen LogP contribution is 2.35. The summed E-state index contributed by atoms with van der Waals surface area (Å²) in [6, 6.07) is 8.14. The van der Waals surface area contributed by atoms with Gasteiger partial charge in [-0.25, -0.2) is 4.39 Å². The second-order valence-corrected chi connectivity index (χ2v) is 9.77. The molecule has 2 aliphatic rings. The molecule has 1 aromatic carbocycles. The minimum Gasteiger partial charge on any atom is -0.493 e. The zero-order valence-electron chi connectivity index (χ0n) is 19.4. The fraction of sp³-hybridized carbons (Fsp3) is 0.640. The van der Waals surface area contributed by atoms with Crippen LogP contribution in [0.1, 0.15) is 56.1 Å². The second kappa shape index (κ2) is 10.2. The smallest absolute Gasteiger partial charge is 0.265 e. The second-order valence-electron chi connectivity index (χ2n) is 9.77. The molecule has 176 valence electrons. The molecule has 2 aliphatic heterocycles. The van der Waals surface area contributed by atoms with Crippen molar-refractivity contribution in [2.75, 3.05) is 45.9 Å². The summed E-state index contributed by atoms with van der Waals surface area (Å²) in [6.07, 6.45) is 2.93. The van der Waals surface area contributed by atoms with Crippen LogP contribution in [0.15, 0.2) is 24.3 Å². The highest BCUT2D eigenvalue weighted by molar-refractivity contribution is 5.99. The zero-order valence-corrected chi connectivity index (χ0v) is 19.4. The lowest BCUT2D eigenvalue weighted by atomic mass is 10.0. The quantitative estimate of drug-likeness (QED) is 0.672. The lowest BCUT2D eigenvalue weighted by Crippen LogP contribution is -2.43. The molecule has 6 nitrogen and oxygen atoms in total. The highest BCUT2D eigenvalue weighted by atomic mass is 19.1. The number of hydrogen-bond donors (Lipinski definition) is 1. The van der Waals surface area contributed by atoms with Gasteiger partial charge >= 0.3 is 0 Å². The van der Waals surface area contributed by atoms with Crippen molar-refractivity contribution in [3.05, 3.63) is 30.0 Å². The molecule has 0 bridgehead atoms. The van der Waals surface area contributed by atoms with Gasteiger partial charge in [0.25, 0.3) is 5.91 Å². The Kier molecular flexibility index (Phi) is 7.36. The lowest BCUT2D eigenvalue weighted by molar-refractivity contribution is 0.0978. The molecule has 1 aromatic heterocycles. The third-order valence-corrected chi connectivity index (χ3v) is 6.77. The van der Waals surface area contributed by atoms with E-state index in [4.69, 9.17) is 10.5 Å².